The summed E-state index contributed by atoms with van der Waals surface area (Å²) in [6.45, 7) is -2.43. The molecule has 0 aromatic rings. The second kappa shape index (κ2) is 8.40. The summed E-state index contributed by atoms with van der Waals surface area (Å²) in [5.41, 5.74) is 0. The first-order valence-corrected chi connectivity index (χ1v) is 7.90. The lowest BCUT2D eigenvalue weighted by molar-refractivity contribution is -0.0621. The Morgan fingerprint density at radius 2 is 1.37 bits per heavy atom. The number of phosphoric acid groups is 2. The predicted molar refractivity (Wildman–Crippen MR) is 58.8 cm³/mol. The van der Waals surface area contributed by atoms with Crippen LogP contribution in [-0.4, -0.2) is 68.4 Å². The van der Waals surface area contributed by atoms with Crippen molar-refractivity contribution in [2.24, 2.45) is 0 Å². The first-order valence-electron chi connectivity index (χ1n) is 4.84. The van der Waals surface area contributed by atoms with Crippen molar-refractivity contribution in [2.45, 2.75) is 12.2 Å². The van der Waals surface area contributed by atoms with Crippen LogP contribution in [0.1, 0.15) is 0 Å². The van der Waals surface area contributed by atoms with Gasteiger partial charge in [-0.15, -0.1) is 0 Å². The van der Waals surface area contributed by atoms with Crippen LogP contribution in [0.2, 0.25) is 0 Å². The van der Waals surface area contributed by atoms with E-state index in [-0.39, 0.29) is 0 Å². The number of hydrogen-bond donors (Lipinski definition) is 6. The zero-order chi connectivity index (χ0) is 15.1. The van der Waals surface area contributed by atoms with Gasteiger partial charge in [-0.1, -0.05) is 0 Å². The molecule has 0 amide bonds. The molecule has 0 saturated heterocycles. The molecule has 2 unspecified atom stereocenters. The van der Waals surface area contributed by atoms with Crippen LogP contribution in [0.25, 0.3) is 0 Å². The number of phosphoric ester groups is 2. The van der Waals surface area contributed by atoms with Crippen molar-refractivity contribution in [3.63, 3.8) is 0 Å². The van der Waals surface area contributed by atoms with E-state index in [1.165, 1.54) is 0 Å². The van der Waals surface area contributed by atoms with Crippen LogP contribution in [0.5, 0.6) is 0 Å². The van der Waals surface area contributed by atoms with Gasteiger partial charge in [0.1, 0.15) is 12.2 Å². The fraction of sp³-hybridized carbons (Fsp3) is 1.00. The number of rotatable bonds is 10. The molecule has 13 heteroatoms. The maximum absolute atomic E-state index is 10.4. The van der Waals surface area contributed by atoms with E-state index in [1.54, 1.807) is 0 Å². The molecule has 0 bridgehead atoms. The average Bonchev–Trinajstić information content (AvgIpc) is 2.24. The molecule has 0 aliphatic rings. The maximum atomic E-state index is 10.4. The molecule has 0 heterocycles. The summed E-state index contributed by atoms with van der Waals surface area (Å²) in [7, 11) is -9.40. The third kappa shape index (κ3) is 12.9. The molecule has 0 radical (unpaired) electrons. The molecule has 0 saturated carbocycles. The maximum Gasteiger partial charge on any atom is 0.469 e. The standard InChI is InChI=1S/C6H16O11P2/c7-1-6(4-17-19(12,13)14)15-2-5(8)3-16-18(9,10)11/h5-8H,1-4H2,(H2,9,10,11)(H2,12,13,14). The predicted octanol–water partition coefficient (Wildman–Crippen LogP) is -2.06. The molecule has 2 atom stereocenters. The van der Waals surface area contributed by atoms with Crippen molar-refractivity contribution in [3.8, 4) is 0 Å². The highest BCUT2D eigenvalue weighted by molar-refractivity contribution is 7.46. The Balaban J connectivity index is 3.93. The molecule has 0 aliphatic heterocycles. The summed E-state index contributed by atoms with van der Waals surface area (Å²) in [4.78, 5) is 33.5. The molecule has 19 heavy (non-hydrogen) atoms. The quantitative estimate of drug-likeness (QED) is 0.243. The summed E-state index contributed by atoms with van der Waals surface area (Å²) in [6.07, 6.45) is -2.51. The lowest BCUT2D eigenvalue weighted by Crippen LogP contribution is -2.30. The highest BCUT2D eigenvalue weighted by atomic mass is 31.2. The van der Waals surface area contributed by atoms with E-state index in [9.17, 15) is 14.2 Å². The fourth-order valence-electron chi connectivity index (χ4n) is 0.812. The Labute approximate surface area is 108 Å². The minimum Gasteiger partial charge on any atom is -0.394 e. The number of aliphatic hydroxyl groups excluding tert-OH is 2. The minimum atomic E-state index is -4.70. The molecule has 0 fully saturated rings. The average molecular weight is 326 g/mol. The minimum absolute atomic E-state index is 0.476. The van der Waals surface area contributed by atoms with Gasteiger partial charge >= 0.3 is 15.6 Å². The van der Waals surface area contributed by atoms with Gasteiger partial charge in [-0.05, 0) is 0 Å². The van der Waals surface area contributed by atoms with Crippen molar-refractivity contribution in [1.29, 1.82) is 0 Å². The summed E-state index contributed by atoms with van der Waals surface area (Å²) in [5, 5.41) is 18.0. The molecular weight excluding hydrogens is 310 g/mol. The molecule has 0 aromatic heterocycles. The zero-order valence-electron chi connectivity index (χ0n) is 9.60. The van der Waals surface area contributed by atoms with Crippen LogP contribution in [0.4, 0.5) is 0 Å². The van der Waals surface area contributed by atoms with Crippen LogP contribution in [-0.2, 0) is 22.9 Å². The number of aliphatic hydroxyl groups is 2. The highest BCUT2D eigenvalue weighted by Crippen LogP contribution is 2.36. The second-order valence-corrected chi connectivity index (χ2v) is 5.84. The van der Waals surface area contributed by atoms with Gasteiger partial charge in [0, 0.05) is 0 Å². The molecule has 0 spiro atoms. The van der Waals surface area contributed by atoms with Gasteiger partial charge in [0.25, 0.3) is 0 Å². The van der Waals surface area contributed by atoms with E-state index in [0.717, 1.165) is 0 Å². The Hall–Kier alpha value is 0.1000. The fourth-order valence-corrected chi connectivity index (χ4v) is 1.54. The Morgan fingerprint density at radius 3 is 1.79 bits per heavy atom. The van der Waals surface area contributed by atoms with E-state index >= 15 is 0 Å². The lowest BCUT2D eigenvalue weighted by atomic mass is 10.4. The molecule has 11 nitrogen and oxygen atoms in total. The summed E-state index contributed by atoms with van der Waals surface area (Å²) < 4.78 is 33.6. The summed E-state index contributed by atoms with van der Waals surface area (Å²) in [6, 6.07) is 0. The Bertz CT molecular complexity index is 334. The van der Waals surface area contributed by atoms with Gasteiger partial charge in [-0.2, -0.15) is 0 Å². The third-order valence-electron chi connectivity index (χ3n) is 1.59. The Morgan fingerprint density at radius 1 is 0.895 bits per heavy atom. The number of ether oxygens (including phenoxy) is 1. The van der Waals surface area contributed by atoms with E-state index in [2.05, 4.69) is 9.05 Å². The van der Waals surface area contributed by atoms with Gasteiger partial charge in [-0.3, -0.25) is 9.05 Å². The van der Waals surface area contributed by atoms with Crippen molar-refractivity contribution < 1.29 is 52.7 Å². The topological polar surface area (TPSA) is 183 Å². The Kier molecular flexibility index (Phi) is 8.45. The molecule has 0 aliphatic carbocycles. The van der Waals surface area contributed by atoms with E-state index in [4.69, 9.17) is 29.4 Å². The normalized spacial score (nSPS) is 16.3. The van der Waals surface area contributed by atoms with Gasteiger partial charge in [0.05, 0.1) is 26.4 Å². The molecule has 0 rings (SSSR count). The van der Waals surface area contributed by atoms with Crippen molar-refractivity contribution >= 4 is 15.6 Å². The van der Waals surface area contributed by atoms with E-state index in [1.807, 2.05) is 0 Å². The molecule has 0 aromatic carbocycles. The van der Waals surface area contributed by atoms with Gasteiger partial charge in [0.15, 0.2) is 0 Å². The van der Waals surface area contributed by atoms with Crippen molar-refractivity contribution in [3.05, 3.63) is 0 Å². The molecular formula is C6H16O11P2. The molecule has 6 N–H and O–H groups in total. The summed E-state index contributed by atoms with van der Waals surface area (Å²) >= 11 is 0. The number of hydrogen-bond acceptors (Lipinski definition) is 7. The van der Waals surface area contributed by atoms with Crippen LogP contribution >= 0.6 is 15.6 Å². The first kappa shape index (κ1) is 19.1. The third-order valence-corrected chi connectivity index (χ3v) is 2.56. The van der Waals surface area contributed by atoms with Crippen LogP contribution in [0.3, 0.4) is 0 Å². The van der Waals surface area contributed by atoms with Gasteiger partial charge in [-0.25, -0.2) is 9.13 Å². The zero-order valence-corrected chi connectivity index (χ0v) is 11.4. The monoisotopic (exact) mass is 326 g/mol. The van der Waals surface area contributed by atoms with E-state index < -0.39 is 54.3 Å². The van der Waals surface area contributed by atoms with Crippen LogP contribution in [0.15, 0.2) is 0 Å². The van der Waals surface area contributed by atoms with Gasteiger partial charge < -0.3 is 34.5 Å². The smallest absolute Gasteiger partial charge is 0.394 e. The van der Waals surface area contributed by atoms with Gasteiger partial charge in [0.2, 0.25) is 0 Å². The van der Waals surface area contributed by atoms with E-state index in [0.29, 0.717) is 0 Å². The SMILES string of the molecule is O=P(O)(O)OCC(O)COC(CO)COP(=O)(O)O. The second-order valence-electron chi connectivity index (χ2n) is 3.36. The van der Waals surface area contributed by atoms with Crippen molar-refractivity contribution in [2.75, 3.05) is 26.4 Å². The van der Waals surface area contributed by atoms with Crippen LogP contribution < -0.4 is 0 Å². The van der Waals surface area contributed by atoms with Crippen LogP contribution in [0, 0.1) is 0 Å². The lowest BCUT2D eigenvalue weighted by Gasteiger charge is -2.18. The molecule has 116 valence electrons. The van der Waals surface area contributed by atoms with Crippen molar-refractivity contribution in [1.82, 2.24) is 0 Å². The largest absolute Gasteiger partial charge is 0.469 e. The summed E-state index contributed by atoms with van der Waals surface area (Å²) in [5.74, 6) is 0. The first-order chi connectivity index (χ1) is 8.53. The highest BCUT2D eigenvalue weighted by Gasteiger charge is 2.21.